The molecular weight excluding hydrogens is 290 g/mol. The minimum atomic E-state index is -2.85. The molecule has 0 spiro atoms. The highest BCUT2D eigenvalue weighted by Gasteiger charge is 2.46. The van der Waals surface area contributed by atoms with Gasteiger partial charge in [-0.05, 0) is 12.1 Å². The summed E-state index contributed by atoms with van der Waals surface area (Å²) in [6.07, 6.45) is 0. The molecule has 0 amide bonds. The second-order valence-corrected chi connectivity index (χ2v) is 7.57. The summed E-state index contributed by atoms with van der Waals surface area (Å²) in [7, 11) is 0.396. The Bertz CT molecular complexity index is 472. The SMILES string of the molecule is COc1ccc([Si]23OCCN(CCO2)CCO3)cc1OC. The van der Waals surface area contributed by atoms with E-state index < -0.39 is 8.80 Å². The summed E-state index contributed by atoms with van der Waals surface area (Å²) in [4.78, 5) is 2.30. The minimum Gasteiger partial charge on any atom is -0.493 e. The van der Waals surface area contributed by atoms with Gasteiger partial charge in [0, 0.05) is 24.8 Å². The zero-order valence-corrected chi connectivity index (χ0v) is 13.5. The maximum Gasteiger partial charge on any atom is 0.537 e. The molecule has 0 atom stereocenters. The summed E-state index contributed by atoms with van der Waals surface area (Å²) in [5.41, 5.74) is 0. The maximum atomic E-state index is 6.06. The van der Waals surface area contributed by atoms with E-state index in [1.165, 1.54) is 0 Å². The minimum absolute atomic E-state index is 0.626. The van der Waals surface area contributed by atoms with Crippen molar-refractivity contribution < 1.29 is 22.8 Å². The number of nitrogens with zero attached hydrogens (tertiary/aromatic N) is 1. The van der Waals surface area contributed by atoms with Crippen LogP contribution in [0.3, 0.4) is 0 Å². The molecule has 1 aromatic carbocycles. The highest BCUT2D eigenvalue weighted by Crippen LogP contribution is 2.27. The molecule has 0 saturated carbocycles. The quantitative estimate of drug-likeness (QED) is 0.745. The van der Waals surface area contributed by atoms with Gasteiger partial charge in [0.05, 0.1) is 34.0 Å². The van der Waals surface area contributed by atoms with E-state index in [1.807, 2.05) is 18.2 Å². The molecule has 21 heavy (non-hydrogen) atoms. The van der Waals surface area contributed by atoms with Crippen LogP contribution in [0.25, 0.3) is 0 Å². The lowest BCUT2D eigenvalue weighted by Crippen LogP contribution is -2.62. The molecule has 3 aliphatic heterocycles. The van der Waals surface area contributed by atoms with Gasteiger partial charge < -0.3 is 22.8 Å². The van der Waals surface area contributed by atoms with Crippen molar-refractivity contribution in [3.8, 4) is 11.5 Å². The molecule has 3 fully saturated rings. The van der Waals surface area contributed by atoms with Crippen molar-refractivity contribution in [2.75, 3.05) is 53.7 Å². The average Bonchev–Trinajstić information content (AvgIpc) is 2.45. The Morgan fingerprint density at radius 2 is 1.48 bits per heavy atom. The Morgan fingerprint density at radius 1 is 0.905 bits per heavy atom. The van der Waals surface area contributed by atoms with Gasteiger partial charge in [-0.1, -0.05) is 6.07 Å². The number of benzene rings is 1. The number of ether oxygens (including phenoxy) is 2. The predicted octanol–water partition coefficient (Wildman–Crippen LogP) is 0.229. The molecule has 7 heteroatoms. The van der Waals surface area contributed by atoms with E-state index in [2.05, 4.69) is 4.90 Å². The molecule has 0 aromatic heterocycles. The molecule has 3 aliphatic rings. The van der Waals surface area contributed by atoms with E-state index in [9.17, 15) is 0 Å². The lowest BCUT2D eigenvalue weighted by atomic mass is 10.3. The first-order chi connectivity index (χ1) is 10.3. The van der Waals surface area contributed by atoms with Crippen LogP contribution in [0.2, 0.25) is 0 Å². The highest BCUT2D eigenvalue weighted by molar-refractivity contribution is 6.75. The lowest BCUT2D eigenvalue weighted by Gasteiger charge is -2.38. The Labute approximate surface area is 125 Å². The number of hydrogen-bond acceptors (Lipinski definition) is 6. The van der Waals surface area contributed by atoms with Crippen LogP contribution in [0.4, 0.5) is 0 Å². The normalized spacial score (nSPS) is 29.3. The largest absolute Gasteiger partial charge is 0.537 e. The summed E-state index contributed by atoms with van der Waals surface area (Å²) >= 11 is 0. The summed E-state index contributed by atoms with van der Waals surface area (Å²) in [6, 6.07) is 5.73. The zero-order valence-electron chi connectivity index (χ0n) is 12.5. The van der Waals surface area contributed by atoms with Crippen LogP contribution in [0.5, 0.6) is 11.5 Å². The third-order valence-corrected chi connectivity index (χ3v) is 6.61. The molecule has 4 rings (SSSR count). The van der Waals surface area contributed by atoms with Crippen LogP contribution in [0.15, 0.2) is 18.2 Å². The van der Waals surface area contributed by atoms with Crippen molar-refractivity contribution in [1.82, 2.24) is 4.90 Å². The summed E-state index contributed by atoms with van der Waals surface area (Å²) in [6.45, 7) is 4.65. The van der Waals surface area contributed by atoms with Gasteiger partial charge >= 0.3 is 8.80 Å². The Hall–Kier alpha value is -1.12. The summed E-state index contributed by atoms with van der Waals surface area (Å²) in [5, 5.41) is 0.926. The van der Waals surface area contributed by atoms with E-state index in [1.54, 1.807) is 14.2 Å². The van der Waals surface area contributed by atoms with Crippen LogP contribution in [0, 0.1) is 0 Å². The Kier molecular flexibility index (Phi) is 4.46. The predicted molar refractivity (Wildman–Crippen MR) is 79.2 cm³/mol. The van der Waals surface area contributed by atoms with Crippen molar-refractivity contribution in [2.45, 2.75) is 0 Å². The third-order valence-electron chi connectivity index (χ3n) is 3.84. The first-order valence-corrected chi connectivity index (χ1v) is 8.86. The van der Waals surface area contributed by atoms with Crippen LogP contribution >= 0.6 is 0 Å². The van der Waals surface area contributed by atoms with Crippen molar-refractivity contribution in [3.63, 3.8) is 0 Å². The lowest BCUT2D eigenvalue weighted by molar-refractivity contribution is 0.00138. The van der Waals surface area contributed by atoms with E-state index in [-0.39, 0.29) is 0 Å². The highest BCUT2D eigenvalue weighted by atomic mass is 28.4. The van der Waals surface area contributed by atoms with Gasteiger partial charge in [0.2, 0.25) is 0 Å². The van der Waals surface area contributed by atoms with Gasteiger partial charge in [0.15, 0.2) is 11.5 Å². The van der Waals surface area contributed by atoms with Gasteiger partial charge in [0.1, 0.15) is 0 Å². The first-order valence-electron chi connectivity index (χ1n) is 7.14. The molecule has 3 heterocycles. The van der Waals surface area contributed by atoms with Crippen LogP contribution in [0.1, 0.15) is 0 Å². The second kappa shape index (κ2) is 6.33. The fourth-order valence-electron chi connectivity index (χ4n) is 2.66. The van der Waals surface area contributed by atoms with Gasteiger partial charge in [-0.2, -0.15) is 0 Å². The first kappa shape index (κ1) is 14.8. The Morgan fingerprint density at radius 3 is 2.00 bits per heavy atom. The average molecular weight is 311 g/mol. The third kappa shape index (κ3) is 2.92. The van der Waals surface area contributed by atoms with Crippen LogP contribution in [-0.4, -0.2) is 67.4 Å². The second-order valence-electron chi connectivity index (χ2n) is 5.01. The molecule has 6 nitrogen and oxygen atoms in total. The molecule has 0 N–H and O–H groups in total. The number of fused-ring (bicyclic) bond motifs is 6. The molecular formula is C14H21NO5Si. The van der Waals surface area contributed by atoms with Crippen LogP contribution in [-0.2, 0) is 13.3 Å². The number of hydrogen-bond donors (Lipinski definition) is 0. The van der Waals surface area contributed by atoms with E-state index in [4.69, 9.17) is 22.8 Å². The van der Waals surface area contributed by atoms with E-state index >= 15 is 0 Å². The summed E-state index contributed by atoms with van der Waals surface area (Å²) < 4.78 is 28.8. The van der Waals surface area contributed by atoms with E-state index in [0.29, 0.717) is 31.3 Å². The van der Waals surface area contributed by atoms with Crippen molar-refractivity contribution in [2.24, 2.45) is 0 Å². The topological polar surface area (TPSA) is 49.4 Å². The van der Waals surface area contributed by atoms with Crippen LogP contribution < -0.4 is 14.7 Å². The van der Waals surface area contributed by atoms with Crippen molar-refractivity contribution in [3.05, 3.63) is 18.2 Å². The van der Waals surface area contributed by atoms with Gasteiger partial charge in [-0.3, -0.25) is 4.90 Å². The molecule has 2 bridgehead atoms. The monoisotopic (exact) mass is 311 g/mol. The Balaban J connectivity index is 1.95. The van der Waals surface area contributed by atoms with E-state index in [0.717, 1.165) is 24.8 Å². The van der Waals surface area contributed by atoms with Gasteiger partial charge in [-0.25, -0.2) is 0 Å². The molecule has 1 aromatic rings. The molecule has 0 aliphatic carbocycles. The summed E-state index contributed by atoms with van der Waals surface area (Å²) in [5.74, 6) is 1.35. The standard InChI is InChI=1S/C14H21NO5Si/c1-16-13-4-3-12(11-14(13)17-2)21-18-8-5-15(6-9-19-21)7-10-20-21/h3-4,11H,5-10H2,1-2H3. The molecule has 0 radical (unpaired) electrons. The molecule has 116 valence electrons. The smallest absolute Gasteiger partial charge is 0.493 e. The number of methoxy groups -OCH3 is 2. The number of rotatable bonds is 3. The molecule has 0 unspecified atom stereocenters. The molecule has 3 saturated heterocycles. The fourth-order valence-corrected chi connectivity index (χ4v) is 5.09. The van der Waals surface area contributed by atoms with Crippen molar-refractivity contribution in [1.29, 1.82) is 0 Å². The van der Waals surface area contributed by atoms with Gasteiger partial charge in [-0.15, -0.1) is 0 Å². The maximum absolute atomic E-state index is 6.06. The fraction of sp³-hybridized carbons (Fsp3) is 0.571. The van der Waals surface area contributed by atoms with Crippen molar-refractivity contribution >= 4 is 14.0 Å². The van der Waals surface area contributed by atoms with Gasteiger partial charge in [0.25, 0.3) is 0 Å². The zero-order chi connectivity index (χ0) is 14.7.